The van der Waals surface area contributed by atoms with E-state index in [0.717, 1.165) is 5.56 Å². The van der Waals surface area contributed by atoms with Gasteiger partial charge in [0.15, 0.2) is 4.87 Å². The van der Waals surface area contributed by atoms with Gasteiger partial charge < -0.3 is 14.5 Å². The van der Waals surface area contributed by atoms with Crippen molar-refractivity contribution in [3.05, 3.63) is 95.1 Å². The summed E-state index contributed by atoms with van der Waals surface area (Å²) in [7, 11) is 1.53. The second-order valence-corrected chi connectivity index (χ2v) is 9.12. The number of carbonyl (C=O) groups excluding carboxylic acids is 2. The largest absolute Gasteiger partial charge is 0.497 e. The zero-order chi connectivity index (χ0) is 23.2. The number of methoxy groups -OCH3 is 1. The SMILES string of the molecule is COc1ccc2c(c1)[C@]1(SCCN1C(=O)c1ccccc1F)C(=O)N2Cc1ccc(F)cc1. The molecular formula is C25H20F2N2O3S. The van der Waals surface area contributed by atoms with E-state index in [-0.39, 0.29) is 23.8 Å². The molecule has 33 heavy (non-hydrogen) atoms. The van der Waals surface area contributed by atoms with Gasteiger partial charge in [-0.1, -0.05) is 24.3 Å². The van der Waals surface area contributed by atoms with E-state index in [1.54, 1.807) is 41.3 Å². The summed E-state index contributed by atoms with van der Waals surface area (Å²) in [4.78, 5) is 29.2. The van der Waals surface area contributed by atoms with E-state index >= 15 is 0 Å². The molecule has 1 atom stereocenters. The number of fused-ring (bicyclic) bond motifs is 2. The Hall–Kier alpha value is -3.39. The molecular weight excluding hydrogens is 446 g/mol. The molecule has 2 amide bonds. The first-order valence-electron chi connectivity index (χ1n) is 10.4. The van der Waals surface area contributed by atoms with E-state index in [9.17, 15) is 18.4 Å². The number of hydrogen-bond donors (Lipinski definition) is 0. The van der Waals surface area contributed by atoms with Crippen molar-refractivity contribution in [2.24, 2.45) is 0 Å². The lowest BCUT2D eigenvalue weighted by Crippen LogP contribution is -2.50. The molecule has 168 valence electrons. The zero-order valence-electron chi connectivity index (χ0n) is 17.8. The van der Waals surface area contributed by atoms with Gasteiger partial charge in [-0.25, -0.2) is 8.78 Å². The van der Waals surface area contributed by atoms with Crippen LogP contribution in [-0.2, 0) is 16.2 Å². The van der Waals surface area contributed by atoms with Crippen molar-refractivity contribution in [2.75, 3.05) is 24.3 Å². The molecule has 0 aromatic heterocycles. The van der Waals surface area contributed by atoms with Gasteiger partial charge in [0.25, 0.3) is 11.8 Å². The van der Waals surface area contributed by atoms with E-state index in [2.05, 4.69) is 0 Å². The van der Waals surface area contributed by atoms with Crippen LogP contribution >= 0.6 is 11.8 Å². The maximum Gasteiger partial charge on any atom is 0.268 e. The lowest BCUT2D eigenvalue weighted by molar-refractivity contribution is -0.123. The van der Waals surface area contributed by atoms with Gasteiger partial charge in [0.1, 0.15) is 17.4 Å². The fraction of sp³-hybridized carbons (Fsp3) is 0.200. The number of hydrogen-bond acceptors (Lipinski definition) is 4. The van der Waals surface area contributed by atoms with Crippen LogP contribution in [0.5, 0.6) is 5.75 Å². The summed E-state index contributed by atoms with van der Waals surface area (Å²) >= 11 is 1.35. The minimum absolute atomic E-state index is 0.0754. The molecule has 8 heteroatoms. The molecule has 0 N–H and O–H groups in total. The minimum atomic E-state index is -1.33. The van der Waals surface area contributed by atoms with Crippen LogP contribution in [0.15, 0.2) is 66.7 Å². The third-order valence-electron chi connectivity index (χ3n) is 6.00. The summed E-state index contributed by atoms with van der Waals surface area (Å²) < 4.78 is 33.3. The molecule has 1 fully saturated rings. The number of halogens is 2. The fourth-order valence-electron chi connectivity index (χ4n) is 4.43. The molecule has 5 nitrogen and oxygen atoms in total. The van der Waals surface area contributed by atoms with Crippen molar-refractivity contribution >= 4 is 29.3 Å². The quantitative estimate of drug-likeness (QED) is 0.566. The lowest BCUT2D eigenvalue weighted by Gasteiger charge is -2.33. The maximum absolute atomic E-state index is 14.5. The van der Waals surface area contributed by atoms with E-state index in [4.69, 9.17) is 4.74 Å². The maximum atomic E-state index is 14.5. The molecule has 2 aliphatic heterocycles. The van der Waals surface area contributed by atoms with E-state index in [0.29, 0.717) is 29.3 Å². The van der Waals surface area contributed by atoms with Crippen molar-refractivity contribution in [1.82, 2.24) is 4.90 Å². The van der Waals surface area contributed by atoms with Gasteiger partial charge in [-0.05, 0) is 48.0 Å². The molecule has 1 spiro atoms. The second-order valence-electron chi connectivity index (χ2n) is 7.83. The normalized spacial score (nSPS) is 19.3. The van der Waals surface area contributed by atoms with Crippen LogP contribution in [0.1, 0.15) is 21.5 Å². The van der Waals surface area contributed by atoms with Gasteiger partial charge in [-0.15, -0.1) is 11.8 Å². The highest BCUT2D eigenvalue weighted by Crippen LogP contribution is 2.55. The third-order valence-corrected chi connectivity index (χ3v) is 7.42. The lowest BCUT2D eigenvalue weighted by atomic mass is 10.0. The van der Waals surface area contributed by atoms with Crippen molar-refractivity contribution in [3.8, 4) is 5.75 Å². The average molecular weight is 467 g/mol. The topological polar surface area (TPSA) is 49.9 Å². The van der Waals surface area contributed by atoms with E-state index in [1.807, 2.05) is 0 Å². The summed E-state index contributed by atoms with van der Waals surface area (Å²) in [6.45, 7) is 0.507. The molecule has 2 aliphatic rings. The Bertz CT molecular complexity index is 1250. The summed E-state index contributed by atoms with van der Waals surface area (Å²) in [5.74, 6) is -0.746. The molecule has 0 radical (unpaired) electrons. The highest BCUT2D eigenvalue weighted by molar-refractivity contribution is 8.01. The first kappa shape index (κ1) is 21.5. The summed E-state index contributed by atoms with van der Waals surface area (Å²) in [6.07, 6.45) is 0. The summed E-state index contributed by atoms with van der Waals surface area (Å²) in [5, 5.41) is 0. The number of carbonyl (C=O) groups is 2. The number of nitrogens with zero attached hydrogens (tertiary/aromatic N) is 2. The Kier molecular flexibility index (Phi) is 5.32. The van der Waals surface area contributed by atoms with Crippen LogP contribution in [0.25, 0.3) is 0 Å². The standard InChI is InChI=1S/C25H20F2N2O3S/c1-32-18-10-11-22-20(14-18)25(24(31)28(22)15-16-6-8-17(26)9-7-16)29(12-13-33-25)23(30)19-4-2-3-5-21(19)27/h2-11,14H,12-13,15H2,1H3/t25-/m0/s1. The van der Waals surface area contributed by atoms with Crippen LogP contribution in [0.3, 0.4) is 0 Å². The zero-order valence-corrected chi connectivity index (χ0v) is 18.6. The molecule has 5 rings (SSSR count). The van der Waals surface area contributed by atoms with Gasteiger partial charge in [0, 0.05) is 17.9 Å². The molecule has 0 unspecified atom stereocenters. The number of amides is 2. The predicted molar refractivity (Wildman–Crippen MR) is 122 cm³/mol. The second kappa shape index (κ2) is 8.19. The van der Waals surface area contributed by atoms with Gasteiger partial charge in [-0.3, -0.25) is 9.59 Å². The third kappa shape index (κ3) is 3.36. The van der Waals surface area contributed by atoms with Gasteiger partial charge in [0.05, 0.1) is 24.9 Å². The number of anilines is 1. The van der Waals surface area contributed by atoms with E-state index in [1.165, 1.54) is 54.1 Å². The molecule has 1 saturated heterocycles. The van der Waals surface area contributed by atoms with Gasteiger partial charge in [-0.2, -0.15) is 0 Å². The number of rotatable bonds is 4. The Morgan fingerprint density at radius 3 is 2.58 bits per heavy atom. The molecule has 0 saturated carbocycles. The molecule has 0 bridgehead atoms. The van der Waals surface area contributed by atoms with Crippen molar-refractivity contribution in [3.63, 3.8) is 0 Å². The fourth-order valence-corrected chi connectivity index (χ4v) is 5.88. The van der Waals surface area contributed by atoms with Crippen molar-refractivity contribution < 1.29 is 23.1 Å². The highest BCUT2D eigenvalue weighted by Gasteiger charge is 2.59. The van der Waals surface area contributed by atoms with Gasteiger partial charge in [0.2, 0.25) is 0 Å². The number of thioether (sulfide) groups is 1. The van der Waals surface area contributed by atoms with Crippen molar-refractivity contribution in [1.29, 1.82) is 0 Å². The van der Waals surface area contributed by atoms with Crippen molar-refractivity contribution in [2.45, 2.75) is 11.4 Å². The van der Waals surface area contributed by atoms with Crippen LogP contribution in [0.4, 0.5) is 14.5 Å². The highest BCUT2D eigenvalue weighted by atomic mass is 32.2. The Labute approximate surface area is 193 Å². The monoisotopic (exact) mass is 466 g/mol. The Balaban J connectivity index is 1.62. The van der Waals surface area contributed by atoms with Crippen LogP contribution < -0.4 is 9.64 Å². The smallest absolute Gasteiger partial charge is 0.268 e. The number of ether oxygens (including phenoxy) is 1. The first-order valence-corrected chi connectivity index (χ1v) is 11.4. The minimum Gasteiger partial charge on any atom is -0.497 e. The number of benzene rings is 3. The molecule has 2 heterocycles. The molecule has 3 aromatic carbocycles. The summed E-state index contributed by atoms with van der Waals surface area (Å²) in [6, 6.07) is 17.0. The summed E-state index contributed by atoms with van der Waals surface area (Å²) in [5.41, 5.74) is 1.94. The Morgan fingerprint density at radius 1 is 1.09 bits per heavy atom. The van der Waals surface area contributed by atoms with E-state index < -0.39 is 16.6 Å². The predicted octanol–water partition coefficient (Wildman–Crippen LogP) is 4.56. The average Bonchev–Trinajstić information content (AvgIpc) is 3.37. The van der Waals surface area contributed by atoms with Gasteiger partial charge >= 0.3 is 0 Å². The Morgan fingerprint density at radius 2 is 1.85 bits per heavy atom. The first-order chi connectivity index (χ1) is 16.0. The van der Waals surface area contributed by atoms with Crippen LogP contribution in [-0.4, -0.2) is 36.1 Å². The molecule has 3 aromatic rings. The molecule has 0 aliphatic carbocycles. The van der Waals surface area contributed by atoms with Crippen LogP contribution in [0.2, 0.25) is 0 Å². The van der Waals surface area contributed by atoms with Crippen LogP contribution in [0, 0.1) is 11.6 Å².